The number of hydrogen-bond acceptors (Lipinski definition) is 10. The minimum Gasteiger partial charge on any atom is -0.507 e. The first-order valence-electron chi connectivity index (χ1n) is 10.4. The van der Waals surface area contributed by atoms with Crippen LogP contribution in [-0.4, -0.2) is 90.4 Å². The van der Waals surface area contributed by atoms with Gasteiger partial charge in [0.05, 0.1) is 18.6 Å². The zero-order valence-electron chi connectivity index (χ0n) is 18.1. The molecule has 0 amide bonds. The number of rotatable bonds is 12. The van der Waals surface area contributed by atoms with Gasteiger partial charge in [-0.3, -0.25) is 14.5 Å². The Balaban J connectivity index is 1.55. The van der Waals surface area contributed by atoms with Gasteiger partial charge in [-0.1, -0.05) is 6.07 Å². The second-order valence-corrected chi connectivity index (χ2v) is 8.01. The van der Waals surface area contributed by atoms with Crippen molar-refractivity contribution in [2.24, 2.45) is 5.73 Å². The van der Waals surface area contributed by atoms with Crippen LogP contribution in [0.3, 0.4) is 0 Å². The molecule has 0 bridgehead atoms. The first-order valence-corrected chi connectivity index (χ1v) is 10.4. The van der Waals surface area contributed by atoms with Gasteiger partial charge in [-0.05, 0) is 24.4 Å². The van der Waals surface area contributed by atoms with Crippen LogP contribution < -0.4 is 10.5 Å². The number of nitrogens with two attached hydrogens (primary N) is 1. The van der Waals surface area contributed by atoms with Crippen molar-refractivity contribution in [2.75, 3.05) is 19.6 Å². The van der Waals surface area contributed by atoms with Crippen molar-refractivity contribution in [1.29, 1.82) is 0 Å². The van der Waals surface area contributed by atoms with Crippen LogP contribution in [0.4, 0.5) is 0 Å². The maximum atomic E-state index is 12.5. The van der Waals surface area contributed by atoms with Gasteiger partial charge in [-0.15, -0.1) is 0 Å². The Bertz CT molecular complexity index is 1070. The molecule has 0 radical (unpaired) electrons. The summed E-state index contributed by atoms with van der Waals surface area (Å²) in [6.45, 7) is 0.359. The smallest absolute Gasteiger partial charge is 0.451 e. The number of phenols is 1. The zero-order chi connectivity index (χ0) is 25.0. The quantitative estimate of drug-likeness (QED) is 0.198. The monoisotopic (exact) mass is 476 g/mol. The summed E-state index contributed by atoms with van der Waals surface area (Å²) in [5, 5.41) is 46.6. The number of ether oxygens (including phenoxy) is 1. The van der Waals surface area contributed by atoms with E-state index in [1.807, 2.05) is 0 Å². The number of nitrogens with zero attached hydrogens (tertiary/aromatic N) is 3. The van der Waals surface area contributed by atoms with E-state index in [9.17, 15) is 24.6 Å². The summed E-state index contributed by atoms with van der Waals surface area (Å²) < 4.78 is 7.02. The Kier molecular flexibility index (Phi) is 7.88. The van der Waals surface area contributed by atoms with Crippen molar-refractivity contribution in [3.63, 3.8) is 0 Å². The van der Waals surface area contributed by atoms with Gasteiger partial charge in [0.15, 0.2) is 5.78 Å². The van der Waals surface area contributed by atoms with Crippen LogP contribution in [0.5, 0.6) is 11.5 Å². The predicted molar refractivity (Wildman–Crippen MR) is 116 cm³/mol. The van der Waals surface area contributed by atoms with Crippen LogP contribution in [0.2, 0.25) is 6.32 Å². The van der Waals surface area contributed by atoms with E-state index in [0.29, 0.717) is 13.1 Å². The second-order valence-electron chi connectivity index (χ2n) is 8.01. The Hall–Kier alpha value is -3.46. The maximum Gasteiger partial charge on any atom is 0.451 e. The normalized spacial score (nSPS) is 14.9. The molecule has 1 aliphatic rings. The molecule has 2 aromatic rings. The minimum atomic E-state index is -1.58. The van der Waals surface area contributed by atoms with Crippen molar-refractivity contribution >= 4 is 24.8 Å². The largest absolute Gasteiger partial charge is 0.507 e. The molecule has 14 heteroatoms. The molecule has 1 saturated heterocycles. The number of carboxylic acids is 2. The summed E-state index contributed by atoms with van der Waals surface area (Å²) in [6, 6.07) is 1.84. The fourth-order valence-electron chi connectivity index (χ4n) is 3.58. The molecule has 0 spiro atoms. The van der Waals surface area contributed by atoms with E-state index in [1.54, 1.807) is 4.90 Å². The Labute approximate surface area is 194 Å². The predicted octanol–water partition coefficient (Wildman–Crippen LogP) is -1.28. The highest BCUT2D eigenvalue weighted by Gasteiger charge is 2.33. The molecule has 34 heavy (non-hydrogen) atoms. The van der Waals surface area contributed by atoms with E-state index < -0.39 is 42.5 Å². The lowest BCUT2D eigenvalue weighted by Gasteiger charge is -2.39. The van der Waals surface area contributed by atoms with Gasteiger partial charge in [0.25, 0.3) is 0 Å². The zero-order valence-corrected chi connectivity index (χ0v) is 18.1. The minimum absolute atomic E-state index is 0.00623. The van der Waals surface area contributed by atoms with Gasteiger partial charge < -0.3 is 40.4 Å². The third kappa shape index (κ3) is 6.11. The molecule has 1 aromatic carbocycles. The number of hydrogen-bond donors (Lipinski definition) is 6. The topological polar surface area (TPSA) is 209 Å². The van der Waals surface area contributed by atoms with Gasteiger partial charge in [0.1, 0.15) is 35.8 Å². The number of aryl methyl sites for hydroxylation is 1. The van der Waals surface area contributed by atoms with Crippen LogP contribution in [0, 0.1) is 0 Å². The lowest BCUT2D eigenvalue weighted by molar-refractivity contribution is -0.137. The summed E-state index contributed by atoms with van der Waals surface area (Å²) in [5.74, 6) is -3.29. The maximum absolute atomic E-state index is 12.5. The summed E-state index contributed by atoms with van der Waals surface area (Å²) in [5.41, 5.74) is 6.03. The molecular weight excluding hydrogens is 451 g/mol. The second kappa shape index (κ2) is 10.6. The molecule has 1 aliphatic heterocycles. The van der Waals surface area contributed by atoms with E-state index >= 15 is 0 Å². The molecule has 0 aliphatic carbocycles. The fourth-order valence-corrected chi connectivity index (χ4v) is 3.58. The molecule has 1 atom stereocenters. The SMILES string of the molecule is NC(C(=O)CN1CC(Oc2ccc(CCB(O)O)c(O)c2C(=O)O)C1)c1cn(CC(=O)O)cn1. The van der Waals surface area contributed by atoms with Gasteiger partial charge in [0.2, 0.25) is 0 Å². The van der Waals surface area contributed by atoms with Crippen molar-refractivity contribution < 1.29 is 44.5 Å². The molecule has 1 unspecified atom stereocenters. The van der Waals surface area contributed by atoms with Crippen molar-refractivity contribution in [3.8, 4) is 11.5 Å². The molecule has 2 heterocycles. The standard InChI is InChI=1S/C20H25BN4O9/c22-18(13-7-25(10-23-13)9-16(27)28)14(26)8-24-5-12(6-24)34-15-2-1-11(3-4-21(32)33)19(29)17(15)20(30)31/h1-2,7,10,12,18,29,32-33H,3-6,8-9,22H2,(H,27,28)(H,30,31). The first kappa shape index (κ1) is 25.2. The lowest BCUT2D eigenvalue weighted by atomic mass is 9.82. The number of ketones is 1. The van der Waals surface area contributed by atoms with E-state index in [-0.39, 0.29) is 48.6 Å². The van der Waals surface area contributed by atoms with E-state index in [1.165, 1.54) is 29.2 Å². The molecule has 1 aromatic heterocycles. The molecule has 0 saturated carbocycles. The summed E-state index contributed by atoms with van der Waals surface area (Å²) >= 11 is 0. The summed E-state index contributed by atoms with van der Waals surface area (Å²) in [4.78, 5) is 40.6. The number of benzene rings is 1. The molecular formula is C20H25BN4O9. The number of carboxylic acid groups (broad SMARTS) is 2. The molecule has 182 valence electrons. The number of aromatic hydroxyl groups is 1. The van der Waals surface area contributed by atoms with Gasteiger partial charge in [0, 0.05) is 19.3 Å². The first-order chi connectivity index (χ1) is 16.0. The lowest BCUT2D eigenvalue weighted by Crippen LogP contribution is -2.56. The Morgan fingerprint density at radius 3 is 2.53 bits per heavy atom. The van der Waals surface area contributed by atoms with Crippen LogP contribution in [0.15, 0.2) is 24.7 Å². The van der Waals surface area contributed by atoms with E-state index in [4.69, 9.17) is 25.6 Å². The fraction of sp³-hybridized carbons (Fsp3) is 0.400. The number of imidazole rings is 1. The Morgan fingerprint density at radius 2 is 1.91 bits per heavy atom. The van der Waals surface area contributed by atoms with Gasteiger partial charge in [-0.2, -0.15) is 0 Å². The highest BCUT2D eigenvalue weighted by Crippen LogP contribution is 2.34. The average molecular weight is 476 g/mol. The molecule has 7 N–H and O–H groups in total. The van der Waals surface area contributed by atoms with Crippen molar-refractivity contribution in [1.82, 2.24) is 14.5 Å². The van der Waals surface area contributed by atoms with Crippen LogP contribution in [0.1, 0.15) is 27.7 Å². The van der Waals surface area contributed by atoms with Gasteiger partial charge >= 0.3 is 19.1 Å². The number of Topliss-reactive ketones (excluding diaryl/α,β-unsaturated/α-hetero) is 1. The average Bonchev–Trinajstić information content (AvgIpc) is 3.18. The van der Waals surface area contributed by atoms with E-state index in [2.05, 4.69) is 4.98 Å². The third-order valence-corrected chi connectivity index (χ3v) is 5.34. The van der Waals surface area contributed by atoms with Crippen molar-refractivity contribution in [2.45, 2.75) is 31.4 Å². The van der Waals surface area contributed by atoms with Crippen LogP contribution >= 0.6 is 0 Å². The summed E-state index contributed by atoms with van der Waals surface area (Å²) in [6.07, 6.45) is 2.28. The number of aliphatic carboxylic acids is 1. The highest BCUT2D eigenvalue weighted by atomic mass is 16.5. The number of carbonyl (C=O) groups excluding carboxylic acids is 1. The van der Waals surface area contributed by atoms with E-state index in [0.717, 1.165) is 0 Å². The Morgan fingerprint density at radius 1 is 1.21 bits per heavy atom. The number of carbonyl (C=O) groups is 3. The van der Waals surface area contributed by atoms with Crippen LogP contribution in [-0.2, 0) is 22.6 Å². The molecule has 13 nitrogen and oxygen atoms in total. The molecule has 3 rings (SSSR count). The highest BCUT2D eigenvalue weighted by molar-refractivity contribution is 6.41. The third-order valence-electron chi connectivity index (χ3n) is 5.34. The molecule has 1 fully saturated rings. The summed E-state index contributed by atoms with van der Waals surface area (Å²) in [7, 11) is -1.58. The van der Waals surface area contributed by atoms with Crippen molar-refractivity contribution in [3.05, 3.63) is 41.5 Å². The number of aromatic carboxylic acids is 1. The van der Waals surface area contributed by atoms with Crippen LogP contribution in [0.25, 0.3) is 0 Å². The number of likely N-dealkylation sites (tertiary alicyclic amines) is 1. The van der Waals surface area contributed by atoms with Gasteiger partial charge in [-0.25, -0.2) is 9.78 Å². The number of aromatic nitrogens is 2.